The number of hydrogen-bond donors (Lipinski definition) is 2. The molecule has 3 N–H and O–H groups in total. The lowest BCUT2D eigenvalue weighted by molar-refractivity contribution is 0.305. The zero-order valence-corrected chi connectivity index (χ0v) is 12.2. The van der Waals surface area contributed by atoms with Crippen molar-refractivity contribution in [2.45, 2.75) is 25.5 Å². The van der Waals surface area contributed by atoms with Crippen LogP contribution in [0.4, 0.5) is 0 Å². The van der Waals surface area contributed by atoms with E-state index in [2.05, 4.69) is 30.2 Å². The van der Waals surface area contributed by atoms with E-state index >= 15 is 0 Å². The fraction of sp³-hybridized carbons (Fsp3) is 0.222. The second-order valence-corrected chi connectivity index (χ2v) is 4.93. The highest BCUT2D eigenvalue weighted by Crippen LogP contribution is 2.23. The van der Waals surface area contributed by atoms with E-state index in [1.54, 1.807) is 0 Å². The van der Waals surface area contributed by atoms with Crippen LogP contribution in [-0.4, -0.2) is 0 Å². The highest BCUT2D eigenvalue weighted by atomic mass is 16.5. The predicted octanol–water partition coefficient (Wildman–Crippen LogP) is 3.74. The quantitative estimate of drug-likeness (QED) is 0.440. The molecule has 2 aromatic rings. The van der Waals surface area contributed by atoms with Crippen molar-refractivity contribution in [2.75, 3.05) is 0 Å². The highest BCUT2D eigenvalue weighted by molar-refractivity contribution is 5.31. The van der Waals surface area contributed by atoms with Gasteiger partial charge in [0.2, 0.25) is 0 Å². The molecule has 2 rings (SSSR count). The van der Waals surface area contributed by atoms with Gasteiger partial charge in [0.15, 0.2) is 0 Å². The van der Waals surface area contributed by atoms with Crippen molar-refractivity contribution in [3.63, 3.8) is 0 Å². The number of benzene rings is 2. The molecule has 0 aromatic heterocycles. The summed E-state index contributed by atoms with van der Waals surface area (Å²) in [4.78, 5) is 0. The van der Waals surface area contributed by atoms with E-state index in [0.717, 1.165) is 29.7 Å². The number of hydrazine groups is 1. The Labute approximate surface area is 126 Å². The maximum Gasteiger partial charge on any atom is 0.120 e. The van der Waals surface area contributed by atoms with Gasteiger partial charge in [0.25, 0.3) is 0 Å². The molecular formula is C18H22N2O. The molecule has 0 bridgehead atoms. The van der Waals surface area contributed by atoms with Crippen molar-refractivity contribution >= 4 is 0 Å². The van der Waals surface area contributed by atoms with Crippen molar-refractivity contribution in [2.24, 2.45) is 5.84 Å². The van der Waals surface area contributed by atoms with Gasteiger partial charge in [-0.25, -0.2) is 0 Å². The molecule has 0 amide bonds. The van der Waals surface area contributed by atoms with Crippen LogP contribution in [0, 0.1) is 0 Å². The van der Waals surface area contributed by atoms with Crippen LogP contribution in [0.25, 0.3) is 0 Å². The molecule has 0 radical (unpaired) electrons. The van der Waals surface area contributed by atoms with Crippen LogP contribution in [0.2, 0.25) is 0 Å². The number of rotatable bonds is 8. The molecule has 0 fully saturated rings. The number of nitrogens with two attached hydrogens (primary N) is 1. The van der Waals surface area contributed by atoms with E-state index in [-0.39, 0.29) is 6.04 Å². The Kier molecular flexibility index (Phi) is 6.00. The molecule has 0 saturated carbocycles. The molecule has 110 valence electrons. The SMILES string of the molecule is C=CCCC(NN)c1cccc(OCc2ccccc2)c1. The van der Waals surface area contributed by atoms with Crippen LogP contribution < -0.4 is 16.0 Å². The summed E-state index contributed by atoms with van der Waals surface area (Å²) < 4.78 is 5.84. The van der Waals surface area contributed by atoms with Gasteiger partial charge in [-0.05, 0) is 36.1 Å². The van der Waals surface area contributed by atoms with Crippen molar-refractivity contribution in [1.82, 2.24) is 5.43 Å². The zero-order valence-electron chi connectivity index (χ0n) is 12.2. The van der Waals surface area contributed by atoms with Gasteiger partial charge >= 0.3 is 0 Å². The molecule has 0 aliphatic rings. The Bertz CT molecular complexity index is 554. The van der Waals surface area contributed by atoms with Gasteiger partial charge in [-0.2, -0.15) is 0 Å². The maximum absolute atomic E-state index is 5.84. The minimum Gasteiger partial charge on any atom is -0.489 e. The highest BCUT2D eigenvalue weighted by Gasteiger charge is 2.09. The van der Waals surface area contributed by atoms with Gasteiger partial charge in [0.1, 0.15) is 12.4 Å². The van der Waals surface area contributed by atoms with Gasteiger partial charge in [0.05, 0.1) is 0 Å². The summed E-state index contributed by atoms with van der Waals surface area (Å²) >= 11 is 0. The molecule has 21 heavy (non-hydrogen) atoms. The molecule has 1 unspecified atom stereocenters. The van der Waals surface area contributed by atoms with Crippen LogP contribution in [0.1, 0.15) is 30.0 Å². The van der Waals surface area contributed by atoms with Crippen molar-refractivity contribution in [3.05, 3.63) is 78.4 Å². The van der Waals surface area contributed by atoms with Crippen LogP contribution in [0.5, 0.6) is 5.75 Å². The van der Waals surface area contributed by atoms with Gasteiger partial charge in [-0.15, -0.1) is 6.58 Å². The average molecular weight is 282 g/mol. The van der Waals surface area contributed by atoms with Crippen LogP contribution >= 0.6 is 0 Å². The Morgan fingerprint density at radius 3 is 2.67 bits per heavy atom. The third-order valence-electron chi connectivity index (χ3n) is 3.37. The molecule has 0 spiro atoms. The summed E-state index contributed by atoms with van der Waals surface area (Å²) in [5.41, 5.74) is 5.14. The summed E-state index contributed by atoms with van der Waals surface area (Å²) in [6, 6.07) is 18.3. The minimum atomic E-state index is 0.114. The molecule has 0 heterocycles. The minimum absolute atomic E-state index is 0.114. The second-order valence-electron chi connectivity index (χ2n) is 4.93. The number of hydrogen-bond acceptors (Lipinski definition) is 3. The fourth-order valence-corrected chi connectivity index (χ4v) is 2.19. The Hall–Kier alpha value is -2.10. The molecule has 2 aromatic carbocycles. The molecule has 1 atom stereocenters. The average Bonchev–Trinajstić information content (AvgIpc) is 2.55. The molecule has 0 aliphatic heterocycles. The van der Waals surface area contributed by atoms with E-state index in [4.69, 9.17) is 10.6 Å². The summed E-state index contributed by atoms with van der Waals surface area (Å²) in [5, 5.41) is 0. The first kappa shape index (κ1) is 15.3. The van der Waals surface area contributed by atoms with Crippen molar-refractivity contribution < 1.29 is 4.74 Å². The van der Waals surface area contributed by atoms with E-state index in [9.17, 15) is 0 Å². The lowest BCUT2D eigenvalue weighted by Crippen LogP contribution is -2.27. The first-order valence-electron chi connectivity index (χ1n) is 7.17. The topological polar surface area (TPSA) is 47.3 Å². The van der Waals surface area contributed by atoms with Gasteiger partial charge in [-0.1, -0.05) is 48.5 Å². The van der Waals surface area contributed by atoms with Crippen LogP contribution in [0.3, 0.4) is 0 Å². The fourth-order valence-electron chi connectivity index (χ4n) is 2.19. The lowest BCUT2D eigenvalue weighted by Gasteiger charge is -2.16. The first-order chi connectivity index (χ1) is 10.3. The van der Waals surface area contributed by atoms with Gasteiger partial charge in [0, 0.05) is 6.04 Å². The number of nitrogens with one attached hydrogen (secondary N) is 1. The monoisotopic (exact) mass is 282 g/mol. The Morgan fingerprint density at radius 2 is 1.95 bits per heavy atom. The van der Waals surface area contributed by atoms with E-state index in [1.165, 1.54) is 0 Å². The van der Waals surface area contributed by atoms with E-state index < -0.39 is 0 Å². The summed E-state index contributed by atoms with van der Waals surface area (Å²) in [7, 11) is 0. The predicted molar refractivity (Wildman–Crippen MR) is 86.7 cm³/mol. The summed E-state index contributed by atoms with van der Waals surface area (Å²) in [5.74, 6) is 6.49. The molecule has 3 heteroatoms. The lowest BCUT2D eigenvalue weighted by atomic mass is 10.0. The standard InChI is InChI=1S/C18H22N2O/c1-2-3-12-18(20-19)16-10-7-11-17(13-16)21-14-15-8-5-4-6-9-15/h2,4-11,13,18,20H,1,3,12,14,19H2. The third-order valence-corrected chi connectivity index (χ3v) is 3.37. The second kappa shape index (κ2) is 8.25. The normalized spacial score (nSPS) is 11.9. The Balaban J connectivity index is 2.01. The zero-order chi connectivity index (χ0) is 14.9. The molecule has 0 aliphatic carbocycles. The molecule has 3 nitrogen and oxygen atoms in total. The molecule has 0 saturated heterocycles. The Morgan fingerprint density at radius 1 is 1.14 bits per heavy atom. The number of ether oxygens (including phenoxy) is 1. The van der Waals surface area contributed by atoms with E-state index in [0.29, 0.717) is 6.61 Å². The van der Waals surface area contributed by atoms with Gasteiger partial charge < -0.3 is 4.74 Å². The summed E-state index contributed by atoms with van der Waals surface area (Å²) in [6.45, 7) is 4.32. The largest absolute Gasteiger partial charge is 0.489 e. The molecular weight excluding hydrogens is 260 g/mol. The van der Waals surface area contributed by atoms with Crippen LogP contribution in [0.15, 0.2) is 67.3 Å². The maximum atomic E-state index is 5.84. The van der Waals surface area contributed by atoms with Gasteiger partial charge in [-0.3, -0.25) is 11.3 Å². The first-order valence-corrected chi connectivity index (χ1v) is 7.17. The third kappa shape index (κ3) is 4.74. The van der Waals surface area contributed by atoms with E-state index in [1.807, 2.05) is 42.5 Å². The number of allylic oxidation sites excluding steroid dienone is 1. The smallest absolute Gasteiger partial charge is 0.120 e. The van der Waals surface area contributed by atoms with Crippen LogP contribution in [-0.2, 0) is 6.61 Å². The van der Waals surface area contributed by atoms with Crippen molar-refractivity contribution in [1.29, 1.82) is 0 Å². The van der Waals surface area contributed by atoms with Crippen molar-refractivity contribution in [3.8, 4) is 5.75 Å². The summed E-state index contributed by atoms with van der Waals surface area (Å²) in [6.07, 6.45) is 3.74.